The number of aliphatic hydroxyl groups excluding tert-OH is 1. The molecule has 18 heavy (non-hydrogen) atoms. The topological polar surface area (TPSA) is 50.9 Å². The van der Waals surface area contributed by atoms with Crippen molar-refractivity contribution in [2.45, 2.75) is 26.9 Å². The van der Waals surface area contributed by atoms with E-state index < -0.39 is 0 Å². The molecule has 0 unspecified atom stereocenters. The first-order valence-corrected chi connectivity index (χ1v) is 6.71. The Labute approximate surface area is 115 Å². The van der Waals surface area contributed by atoms with Crippen molar-refractivity contribution in [3.63, 3.8) is 0 Å². The van der Waals surface area contributed by atoms with E-state index in [2.05, 4.69) is 40.1 Å². The van der Waals surface area contributed by atoms with E-state index >= 15 is 0 Å². The van der Waals surface area contributed by atoms with Gasteiger partial charge in [0.25, 0.3) is 0 Å². The molecule has 4 nitrogen and oxygen atoms in total. The van der Waals surface area contributed by atoms with Crippen molar-refractivity contribution in [2.24, 2.45) is 5.92 Å². The molecular weight excluding hydrogens is 294 g/mol. The van der Waals surface area contributed by atoms with Crippen LogP contribution in [0.5, 0.6) is 0 Å². The van der Waals surface area contributed by atoms with Crippen LogP contribution in [0.25, 0.3) is 5.69 Å². The molecule has 0 radical (unpaired) electrons. The van der Waals surface area contributed by atoms with Crippen molar-refractivity contribution in [3.05, 3.63) is 40.1 Å². The number of hydrogen-bond donors (Lipinski definition) is 1. The Morgan fingerprint density at radius 3 is 2.78 bits per heavy atom. The summed E-state index contributed by atoms with van der Waals surface area (Å²) in [7, 11) is 0. The van der Waals surface area contributed by atoms with Crippen LogP contribution in [0.4, 0.5) is 0 Å². The lowest BCUT2D eigenvalue weighted by molar-refractivity contribution is 0.275. The van der Waals surface area contributed by atoms with E-state index in [0.717, 1.165) is 22.3 Å². The molecule has 1 heterocycles. The average Bonchev–Trinajstić information content (AvgIpc) is 2.71. The minimum absolute atomic E-state index is 0.0734. The van der Waals surface area contributed by atoms with E-state index in [-0.39, 0.29) is 6.61 Å². The highest BCUT2D eigenvalue weighted by Crippen LogP contribution is 2.19. The first-order chi connectivity index (χ1) is 8.61. The number of benzene rings is 1. The fourth-order valence-electron chi connectivity index (χ4n) is 1.86. The molecule has 0 saturated carbocycles. The summed E-state index contributed by atoms with van der Waals surface area (Å²) >= 11 is 3.45. The highest BCUT2D eigenvalue weighted by molar-refractivity contribution is 9.10. The Kier molecular flexibility index (Phi) is 4.14. The summed E-state index contributed by atoms with van der Waals surface area (Å²) in [6.45, 7) is 4.20. The summed E-state index contributed by atoms with van der Waals surface area (Å²) in [4.78, 5) is 0. The summed E-state index contributed by atoms with van der Waals surface area (Å²) in [5.41, 5.74) is 2.58. The molecule has 1 aromatic heterocycles. The zero-order chi connectivity index (χ0) is 13.1. The van der Waals surface area contributed by atoms with Crippen LogP contribution >= 0.6 is 15.9 Å². The van der Waals surface area contributed by atoms with Crippen molar-refractivity contribution in [2.75, 3.05) is 0 Å². The highest BCUT2D eigenvalue weighted by atomic mass is 79.9. The van der Waals surface area contributed by atoms with Crippen LogP contribution in [0.2, 0.25) is 0 Å². The zero-order valence-electron chi connectivity index (χ0n) is 10.5. The lowest BCUT2D eigenvalue weighted by atomic mass is 10.1. The van der Waals surface area contributed by atoms with Crippen LogP contribution in [0, 0.1) is 5.92 Å². The predicted octanol–water partition coefficient (Wildman–Crippen LogP) is 2.72. The van der Waals surface area contributed by atoms with Crippen LogP contribution in [0.1, 0.15) is 25.2 Å². The number of halogens is 1. The molecule has 0 amide bonds. The quantitative estimate of drug-likeness (QED) is 0.944. The van der Waals surface area contributed by atoms with Crippen molar-refractivity contribution < 1.29 is 5.11 Å². The maximum atomic E-state index is 9.32. The summed E-state index contributed by atoms with van der Waals surface area (Å²) in [5, 5.41) is 17.5. The van der Waals surface area contributed by atoms with Gasteiger partial charge in [-0.3, -0.25) is 0 Å². The number of rotatable bonds is 4. The summed E-state index contributed by atoms with van der Waals surface area (Å²) in [6, 6.07) is 7.89. The fourth-order valence-corrected chi connectivity index (χ4v) is 2.25. The molecule has 1 aromatic carbocycles. The van der Waals surface area contributed by atoms with Crippen molar-refractivity contribution in [1.29, 1.82) is 0 Å². The lowest BCUT2D eigenvalue weighted by Gasteiger charge is -2.09. The molecule has 0 saturated heterocycles. The average molecular weight is 310 g/mol. The van der Waals surface area contributed by atoms with E-state index in [1.165, 1.54) is 0 Å². The second-order valence-electron chi connectivity index (χ2n) is 4.63. The molecule has 0 atom stereocenters. The third kappa shape index (κ3) is 2.79. The fraction of sp³-hybridized carbons (Fsp3) is 0.385. The van der Waals surface area contributed by atoms with E-state index in [1.54, 1.807) is 4.68 Å². The van der Waals surface area contributed by atoms with E-state index in [9.17, 15) is 5.11 Å². The highest BCUT2D eigenvalue weighted by Gasteiger charge is 2.14. The van der Waals surface area contributed by atoms with Gasteiger partial charge in [0.2, 0.25) is 0 Å². The largest absolute Gasteiger partial charge is 0.390 e. The maximum Gasteiger partial charge on any atom is 0.112 e. The molecule has 5 heteroatoms. The summed E-state index contributed by atoms with van der Waals surface area (Å²) in [5.74, 6) is 0.486. The summed E-state index contributed by atoms with van der Waals surface area (Å²) in [6.07, 6.45) is 0.843. The van der Waals surface area contributed by atoms with E-state index in [1.807, 2.05) is 24.3 Å². The Hall–Kier alpha value is -1.20. The van der Waals surface area contributed by atoms with Crippen molar-refractivity contribution in [1.82, 2.24) is 15.0 Å². The Morgan fingerprint density at radius 1 is 1.39 bits per heavy atom. The third-order valence-electron chi connectivity index (χ3n) is 2.65. The zero-order valence-corrected chi connectivity index (χ0v) is 12.1. The number of aliphatic hydroxyl groups is 1. The van der Waals surface area contributed by atoms with Crippen molar-refractivity contribution >= 4 is 15.9 Å². The molecule has 2 aromatic rings. The van der Waals surface area contributed by atoms with Gasteiger partial charge >= 0.3 is 0 Å². The van der Waals surface area contributed by atoms with Gasteiger partial charge < -0.3 is 5.11 Å². The molecule has 0 aliphatic carbocycles. The van der Waals surface area contributed by atoms with Gasteiger partial charge in [0, 0.05) is 4.47 Å². The van der Waals surface area contributed by atoms with Crippen LogP contribution < -0.4 is 0 Å². The van der Waals surface area contributed by atoms with Gasteiger partial charge in [0.15, 0.2) is 0 Å². The molecule has 2 rings (SSSR count). The van der Waals surface area contributed by atoms with Gasteiger partial charge in [-0.15, -0.1) is 5.10 Å². The van der Waals surface area contributed by atoms with Gasteiger partial charge in [-0.25, -0.2) is 4.68 Å². The van der Waals surface area contributed by atoms with Crippen molar-refractivity contribution in [3.8, 4) is 5.69 Å². The van der Waals surface area contributed by atoms with E-state index in [4.69, 9.17) is 0 Å². The molecule has 0 bridgehead atoms. The summed E-state index contributed by atoms with van der Waals surface area (Å²) < 4.78 is 2.80. The van der Waals surface area contributed by atoms with Gasteiger partial charge in [-0.2, -0.15) is 0 Å². The molecule has 0 aliphatic rings. The van der Waals surface area contributed by atoms with E-state index in [0.29, 0.717) is 11.6 Å². The number of aromatic nitrogens is 3. The van der Waals surface area contributed by atoms with Gasteiger partial charge in [-0.05, 0) is 30.5 Å². The number of hydrogen-bond acceptors (Lipinski definition) is 3. The molecular formula is C13H16BrN3O. The first-order valence-electron chi connectivity index (χ1n) is 5.92. The normalized spacial score (nSPS) is 11.2. The van der Waals surface area contributed by atoms with Crippen LogP contribution in [-0.4, -0.2) is 20.1 Å². The van der Waals surface area contributed by atoms with Crippen LogP contribution in [-0.2, 0) is 13.0 Å². The minimum Gasteiger partial charge on any atom is -0.390 e. The molecule has 96 valence electrons. The first kappa shape index (κ1) is 13.2. The predicted molar refractivity (Wildman–Crippen MR) is 73.5 cm³/mol. The molecule has 0 aliphatic heterocycles. The number of nitrogens with zero attached hydrogens (tertiary/aromatic N) is 3. The van der Waals surface area contributed by atoms with Crippen LogP contribution in [0.3, 0.4) is 0 Å². The van der Waals surface area contributed by atoms with Gasteiger partial charge in [0.05, 0.1) is 18.0 Å². The Morgan fingerprint density at radius 2 is 2.17 bits per heavy atom. The minimum atomic E-state index is -0.0734. The second-order valence-corrected chi connectivity index (χ2v) is 5.55. The van der Waals surface area contributed by atoms with Crippen LogP contribution in [0.15, 0.2) is 28.7 Å². The SMILES string of the molecule is CC(C)Cc1c(CO)nnn1-c1cccc(Br)c1. The maximum absolute atomic E-state index is 9.32. The Bertz CT molecular complexity index is 537. The van der Waals surface area contributed by atoms with Gasteiger partial charge in [0.1, 0.15) is 5.69 Å². The molecule has 0 fully saturated rings. The smallest absolute Gasteiger partial charge is 0.112 e. The Balaban J connectivity index is 2.47. The third-order valence-corrected chi connectivity index (χ3v) is 3.14. The van der Waals surface area contributed by atoms with Gasteiger partial charge in [-0.1, -0.05) is 41.1 Å². The standard InChI is InChI=1S/C13H16BrN3O/c1-9(2)6-13-12(8-18)15-16-17(13)11-5-3-4-10(14)7-11/h3-5,7,9,18H,6,8H2,1-2H3. The molecule has 0 spiro atoms. The second kappa shape index (κ2) is 5.63. The monoisotopic (exact) mass is 309 g/mol. The molecule has 1 N–H and O–H groups in total. The lowest BCUT2D eigenvalue weighted by Crippen LogP contribution is -2.07.